The van der Waals surface area contributed by atoms with Crippen LogP contribution in [0.2, 0.25) is 0 Å². The lowest BCUT2D eigenvalue weighted by Crippen LogP contribution is -2.08. The molecule has 2 aromatic rings. The third kappa shape index (κ3) is 3.53. The summed E-state index contributed by atoms with van der Waals surface area (Å²) >= 11 is 4.87. The fraction of sp³-hybridized carbons (Fsp3) is 0.182. The first kappa shape index (κ1) is 11.5. The van der Waals surface area contributed by atoms with Crippen LogP contribution in [-0.2, 0) is 6.42 Å². The van der Waals surface area contributed by atoms with Crippen LogP contribution in [0.5, 0.6) is 5.75 Å². The summed E-state index contributed by atoms with van der Waals surface area (Å²) in [5.41, 5.74) is 5.53. The van der Waals surface area contributed by atoms with Gasteiger partial charge in [-0.3, -0.25) is 0 Å². The molecule has 0 atom stereocenters. The Morgan fingerprint density at radius 2 is 2.00 bits per heavy atom. The predicted octanol–water partition coefficient (Wildman–Crippen LogP) is 1.74. The number of rotatable bonds is 4. The van der Waals surface area contributed by atoms with E-state index in [2.05, 4.69) is 15.0 Å². The summed E-state index contributed by atoms with van der Waals surface area (Å²) in [7, 11) is 0. The standard InChI is InChI=1S/C11H12N4OS/c12-10-13-9(14-11(17)15-10)6-7-16-8-4-2-1-3-5-8/h1-5H,6-7H2,(H3,12,13,14,15,17). The first-order chi connectivity index (χ1) is 8.24. The highest BCUT2D eigenvalue weighted by Gasteiger charge is 1.99. The largest absolute Gasteiger partial charge is 0.493 e. The van der Waals surface area contributed by atoms with Gasteiger partial charge in [0.1, 0.15) is 11.6 Å². The number of H-pyrrole nitrogens is 1. The van der Waals surface area contributed by atoms with Crippen molar-refractivity contribution in [3.05, 3.63) is 40.9 Å². The summed E-state index contributed by atoms with van der Waals surface area (Å²) < 4.78 is 5.78. The number of nitrogens with one attached hydrogen (secondary N) is 1. The number of benzene rings is 1. The van der Waals surface area contributed by atoms with Gasteiger partial charge in [0.25, 0.3) is 0 Å². The fourth-order valence-corrected chi connectivity index (χ4v) is 1.56. The van der Waals surface area contributed by atoms with E-state index in [0.29, 0.717) is 18.9 Å². The van der Waals surface area contributed by atoms with Crippen molar-refractivity contribution in [2.75, 3.05) is 12.3 Å². The Balaban J connectivity index is 1.92. The number of nitrogen functional groups attached to an aromatic ring is 1. The minimum Gasteiger partial charge on any atom is -0.493 e. The van der Waals surface area contributed by atoms with Crippen LogP contribution in [0.15, 0.2) is 30.3 Å². The van der Waals surface area contributed by atoms with Crippen molar-refractivity contribution in [2.45, 2.75) is 6.42 Å². The van der Waals surface area contributed by atoms with E-state index in [1.807, 2.05) is 30.3 Å². The monoisotopic (exact) mass is 248 g/mol. The number of nitrogens with zero attached hydrogens (tertiary/aromatic N) is 2. The van der Waals surface area contributed by atoms with Gasteiger partial charge in [-0.15, -0.1) is 0 Å². The molecule has 2 rings (SSSR count). The Hall–Kier alpha value is -1.95. The van der Waals surface area contributed by atoms with Crippen molar-refractivity contribution in [1.29, 1.82) is 0 Å². The molecule has 0 saturated carbocycles. The van der Waals surface area contributed by atoms with Crippen LogP contribution in [0.25, 0.3) is 0 Å². The Morgan fingerprint density at radius 3 is 2.71 bits per heavy atom. The van der Waals surface area contributed by atoms with Crippen LogP contribution >= 0.6 is 12.2 Å². The highest BCUT2D eigenvalue weighted by atomic mass is 32.1. The molecule has 1 aromatic carbocycles. The molecule has 0 aliphatic carbocycles. The van der Waals surface area contributed by atoms with Gasteiger partial charge in [0, 0.05) is 6.42 Å². The summed E-state index contributed by atoms with van der Waals surface area (Å²) in [6.07, 6.45) is 0.602. The van der Waals surface area contributed by atoms with Gasteiger partial charge in [-0.2, -0.15) is 4.98 Å². The number of nitrogens with two attached hydrogens (primary N) is 1. The molecule has 5 nitrogen and oxygen atoms in total. The third-order valence-corrected chi connectivity index (χ3v) is 2.25. The molecule has 0 bridgehead atoms. The molecular weight excluding hydrogens is 236 g/mol. The minimum atomic E-state index is 0.246. The van der Waals surface area contributed by atoms with E-state index in [9.17, 15) is 0 Å². The average Bonchev–Trinajstić information content (AvgIpc) is 2.29. The van der Waals surface area contributed by atoms with Crippen molar-refractivity contribution in [3.8, 4) is 5.75 Å². The third-order valence-electron chi connectivity index (χ3n) is 2.07. The smallest absolute Gasteiger partial charge is 0.224 e. The Bertz CT molecular complexity index is 541. The first-order valence-corrected chi connectivity index (χ1v) is 5.55. The van der Waals surface area contributed by atoms with E-state index in [1.54, 1.807) is 0 Å². The molecule has 17 heavy (non-hydrogen) atoms. The molecule has 0 aliphatic heterocycles. The second-order valence-corrected chi connectivity index (χ2v) is 3.74. The second kappa shape index (κ2) is 5.40. The second-order valence-electron chi connectivity index (χ2n) is 3.37. The summed E-state index contributed by atoms with van der Waals surface area (Å²) in [4.78, 5) is 10.7. The van der Waals surface area contributed by atoms with Gasteiger partial charge in [-0.05, 0) is 24.4 Å². The SMILES string of the molecule is Nc1nc(=S)nc(CCOc2ccccc2)[nH]1. The van der Waals surface area contributed by atoms with Gasteiger partial charge in [0.15, 0.2) is 0 Å². The molecule has 0 spiro atoms. The number of hydrogen-bond acceptors (Lipinski definition) is 5. The van der Waals surface area contributed by atoms with Crippen molar-refractivity contribution >= 4 is 18.2 Å². The van der Waals surface area contributed by atoms with Gasteiger partial charge >= 0.3 is 0 Å². The Kier molecular flexibility index (Phi) is 3.66. The van der Waals surface area contributed by atoms with Crippen LogP contribution in [0, 0.1) is 4.77 Å². The summed E-state index contributed by atoms with van der Waals surface area (Å²) in [5.74, 6) is 1.78. The van der Waals surface area contributed by atoms with Gasteiger partial charge in [0.05, 0.1) is 6.61 Å². The molecular formula is C11H12N4OS. The van der Waals surface area contributed by atoms with E-state index in [1.165, 1.54) is 0 Å². The number of anilines is 1. The highest BCUT2D eigenvalue weighted by Crippen LogP contribution is 2.08. The number of aromatic nitrogens is 3. The lowest BCUT2D eigenvalue weighted by Gasteiger charge is -2.05. The van der Waals surface area contributed by atoms with E-state index in [-0.39, 0.29) is 10.7 Å². The molecule has 0 amide bonds. The highest BCUT2D eigenvalue weighted by molar-refractivity contribution is 7.71. The molecule has 0 unspecified atom stereocenters. The molecule has 88 valence electrons. The zero-order chi connectivity index (χ0) is 12.1. The predicted molar refractivity (Wildman–Crippen MR) is 67.3 cm³/mol. The van der Waals surface area contributed by atoms with Crippen LogP contribution < -0.4 is 10.5 Å². The number of para-hydroxylation sites is 1. The number of hydrogen-bond donors (Lipinski definition) is 2. The van der Waals surface area contributed by atoms with Crippen LogP contribution in [0.1, 0.15) is 5.82 Å². The number of ether oxygens (including phenoxy) is 1. The maximum Gasteiger partial charge on any atom is 0.224 e. The van der Waals surface area contributed by atoms with E-state index in [0.717, 1.165) is 5.75 Å². The van der Waals surface area contributed by atoms with Crippen LogP contribution in [0.4, 0.5) is 5.95 Å². The van der Waals surface area contributed by atoms with Gasteiger partial charge in [-0.25, -0.2) is 4.98 Å². The average molecular weight is 248 g/mol. The zero-order valence-corrected chi connectivity index (χ0v) is 9.91. The minimum absolute atomic E-state index is 0.246. The van der Waals surface area contributed by atoms with Gasteiger partial charge < -0.3 is 15.5 Å². The van der Waals surface area contributed by atoms with E-state index < -0.39 is 0 Å². The molecule has 1 heterocycles. The molecule has 0 radical (unpaired) electrons. The summed E-state index contributed by atoms with van der Waals surface area (Å²) in [5, 5.41) is 0. The zero-order valence-electron chi connectivity index (χ0n) is 9.09. The lowest BCUT2D eigenvalue weighted by atomic mass is 10.3. The fourth-order valence-electron chi connectivity index (χ4n) is 1.35. The Labute approximate surface area is 104 Å². The van der Waals surface area contributed by atoms with E-state index in [4.69, 9.17) is 22.7 Å². The molecule has 6 heteroatoms. The maximum absolute atomic E-state index is 5.53. The van der Waals surface area contributed by atoms with Crippen LogP contribution in [-0.4, -0.2) is 21.6 Å². The first-order valence-electron chi connectivity index (χ1n) is 5.14. The van der Waals surface area contributed by atoms with Crippen molar-refractivity contribution in [3.63, 3.8) is 0 Å². The van der Waals surface area contributed by atoms with E-state index >= 15 is 0 Å². The normalized spacial score (nSPS) is 10.1. The molecule has 0 fully saturated rings. The van der Waals surface area contributed by atoms with Crippen molar-refractivity contribution in [2.24, 2.45) is 0 Å². The Morgan fingerprint density at radius 1 is 1.24 bits per heavy atom. The lowest BCUT2D eigenvalue weighted by molar-refractivity contribution is 0.318. The van der Waals surface area contributed by atoms with Crippen molar-refractivity contribution in [1.82, 2.24) is 15.0 Å². The number of aromatic amines is 1. The molecule has 0 saturated heterocycles. The molecule has 0 aliphatic rings. The molecule has 3 N–H and O–H groups in total. The topological polar surface area (TPSA) is 76.8 Å². The van der Waals surface area contributed by atoms with Crippen molar-refractivity contribution < 1.29 is 4.74 Å². The van der Waals surface area contributed by atoms with Gasteiger partial charge in [-0.1, -0.05) is 18.2 Å². The summed E-state index contributed by atoms with van der Waals surface area (Å²) in [6, 6.07) is 9.58. The quantitative estimate of drug-likeness (QED) is 0.806. The maximum atomic E-state index is 5.53. The summed E-state index contributed by atoms with van der Waals surface area (Å²) in [6.45, 7) is 0.506. The van der Waals surface area contributed by atoms with Crippen LogP contribution in [0.3, 0.4) is 0 Å². The molecule has 1 aromatic heterocycles. The van der Waals surface area contributed by atoms with Gasteiger partial charge in [0.2, 0.25) is 10.7 Å².